The highest BCUT2D eigenvalue weighted by Gasteiger charge is 2.13. The van der Waals surface area contributed by atoms with Crippen molar-refractivity contribution in [2.45, 2.75) is 6.43 Å². The van der Waals surface area contributed by atoms with Crippen LogP contribution in [0.4, 0.5) is 8.78 Å². The molecule has 0 aliphatic rings. The van der Waals surface area contributed by atoms with Crippen LogP contribution >= 0.6 is 11.6 Å². The van der Waals surface area contributed by atoms with Crippen molar-refractivity contribution in [2.75, 3.05) is 0 Å². The lowest BCUT2D eigenvalue weighted by Gasteiger charge is -2.04. The fraction of sp³-hybridized carbons (Fsp3) is 0.0714. The molecule has 0 saturated heterocycles. The Kier molecular flexibility index (Phi) is 3.72. The Balaban J connectivity index is 2.32. The zero-order chi connectivity index (χ0) is 13.1. The molecular weight excluding hydrogens is 257 g/mol. The third kappa shape index (κ3) is 2.57. The monoisotopic (exact) mass is 265 g/mol. The second-order valence-corrected chi connectivity index (χ2v) is 4.14. The summed E-state index contributed by atoms with van der Waals surface area (Å²) in [5, 5.41) is 0.348. The lowest BCUT2D eigenvalue weighted by atomic mass is 10.0. The molecule has 0 spiro atoms. The average Bonchev–Trinajstić information content (AvgIpc) is 2.38. The highest BCUT2D eigenvalue weighted by Crippen LogP contribution is 2.22. The van der Waals surface area contributed by atoms with Crippen molar-refractivity contribution in [2.24, 2.45) is 0 Å². The van der Waals surface area contributed by atoms with E-state index in [1.165, 1.54) is 24.3 Å². The Bertz CT molecular complexity index is 564. The molecule has 0 saturated carbocycles. The summed E-state index contributed by atoms with van der Waals surface area (Å²) in [5.41, 5.74) is 0.599. The highest BCUT2D eigenvalue weighted by atomic mass is 35.5. The molecule has 2 aromatic carbocycles. The van der Waals surface area contributed by atoms with Crippen molar-refractivity contribution >= 4 is 17.4 Å². The van der Waals surface area contributed by atoms with Gasteiger partial charge in [0.1, 0.15) is 0 Å². The van der Waals surface area contributed by atoms with E-state index in [1.807, 2.05) is 0 Å². The number of ketones is 1. The van der Waals surface area contributed by atoms with Gasteiger partial charge in [0.05, 0.1) is 5.02 Å². The van der Waals surface area contributed by atoms with E-state index in [0.717, 1.165) is 0 Å². The van der Waals surface area contributed by atoms with Gasteiger partial charge in [0, 0.05) is 16.7 Å². The average molecular weight is 266 g/mol. The van der Waals surface area contributed by atoms with E-state index in [0.29, 0.717) is 16.1 Å². The maximum atomic E-state index is 12.4. The number of halogens is 3. The predicted octanol–water partition coefficient (Wildman–Crippen LogP) is 4.51. The van der Waals surface area contributed by atoms with Gasteiger partial charge in [-0.1, -0.05) is 48.0 Å². The molecule has 18 heavy (non-hydrogen) atoms. The zero-order valence-electron chi connectivity index (χ0n) is 9.24. The Hall–Kier alpha value is -1.74. The first-order valence-corrected chi connectivity index (χ1v) is 5.64. The third-order valence-electron chi connectivity index (χ3n) is 2.54. The van der Waals surface area contributed by atoms with Gasteiger partial charge in [0.25, 0.3) is 6.43 Å². The Morgan fingerprint density at radius 3 is 2.17 bits per heavy atom. The van der Waals surface area contributed by atoms with Crippen LogP contribution in [-0.4, -0.2) is 5.78 Å². The lowest BCUT2D eigenvalue weighted by Crippen LogP contribution is -2.02. The van der Waals surface area contributed by atoms with Crippen LogP contribution < -0.4 is 0 Å². The third-order valence-corrected chi connectivity index (χ3v) is 2.87. The fourth-order valence-electron chi connectivity index (χ4n) is 1.58. The van der Waals surface area contributed by atoms with E-state index in [-0.39, 0.29) is 11.3 Å². The first-order chi connectivity index (χ1) is 8.59. The number of carbonyl (C=O) groups excluding carboxylic acids is 1. The molecule has 1 atom stereocenters. The van der Waals surface area contributed by atoms with E-state index < -0.39 is 6.43 Å². The molecule has 0 fully saturated rings. The van der Waals surface area contributed by atoms with E-state index in [2.05, 4.69) is 0 Å². The molecule has 2 rings (SSSR count). The first kappa shape index (κ1) is 12.7. The largest absolute Gasteiger partial charge is 0.289 e. The number of hydrogen-bond donors (Lipinski definition) is 0. The molecule has 2 aromatic rings. The molecule has 0 bridgehead atoms. The summed E-state index contributed by atoms with van der Waals surface area (Å²) in [6, 6.07) is 11.9. The van der Waals surface area contributed by atoms with E-state index in [4.69, 9.17) is 11.6 Å². The van der Waals surface area contributed by atoms with Crippen LogP contribution in [-0.2, 0) is 0 Å². The van der Waals surface area contributed by atoms with Crippen LogP contribution in [0.2, 0.25) is 5.02 Å². The number of hydrogen-bond acceptors (Lipinski definition) is 1. The Labute approximate surface area is 108 Å². The van der Waals surface area contributed by atoms with Crippen molar-refractivity contribution < 1.29 is 13.6 Å². The molecule has 1 nitrogen and oxygen atoms in total. The zero-order valence-corrected chi connectivity index (χ0v) is 9.99. The van der Waals surface area contributed by atoms with Gasteiger partial charge in [0.15, 0.2) is 5.78 Å². The van der Waals surface area contributed by atoms with Crippen LogP contribution in [0.3, 0.4) is 0 Å². The van der Waals surface area contributed by atoms with Crippen LogP contribution in [0.25, 0.3) is 0 Å². The van der Waals surface area contributed by atoms with Gasteiger partial charge in [-0.2, -0.15) is 0 Å². The van der Waals surface area contributed by atoms with Gasteiger partial charge in [-0.3, -0.25) is 4.79 Å². The second-order valence-electron chi connectivity index (χ2n) is 3.73. The normalized spacial score (nSPS) is 12.2. The van der Waals surface area contributed by atoms with Crippen molar-refractivity contribution in [3.8, 4) is 0 Å². The summed E-state index contributed by atoms with van der Waals surface area (Å²) in [7, 11) is 0. The standard InChI is InChI=1S/C14H9ClF2O/c15-12-4-2-1-3-11(12)13(18)9-5-7-10(8-6-9)14(16)17/h1-8,14H/i16-1. The van der Waals surface area contributed by atoms with Crippen molar-refractivity contribution in [3.63, 3.8) is 0 Å². The summed E-state index contributed by atoms with van der Waals surface area (Å²) in [5.74, 6) is -0.276. The molecule has 0 aliphatic carbocycles. The summed E-state index contributed by atoms with van der Waals surface area (Å²) in [6.07, 6.45) is -2.53. The van der Waals surface area contributed by atoms with Gasteiger partial charge < -0.3 is 0 Å². The van der Waals surface area contributed by atoms with E-state index >= 15 is 0 Å². The van der Waals surface area contributed by atoms with E-state index in [9.17, 15) is 13.6 Å². The summed E-state index contributed by atoms with van der Waals surface area (Å²) in [4.78, 5) is 12.1. The molecule has 4 heteroatoms. The molecule has 0 amide bonds. The Morgan fingerprint density at radius 1 is 1.00 bits per heavy atom. The Morgan fingerprint density at radius 2 is 1.61 bits per heavy atom. The minimum atomic E-state index is -2.53. The summed E-state index contributed by atoms with van der Waals surface area (Å²) >= 11 is 5.91. The van der Waals surface area contributed by atoms with Crippen LogP contribution in [0.15, 0.2) is 48.5 Å². The van der Waals surface area contributed by atoms with Crippen LogP contribution in [0.5, 0.6) is 0 Å². The van der Waals surface area contributed by atoms with E-state index in [1.54, 1.807) is 24.3 Å². The van der Waals surface area contributed by atoms with Crippen LogP contribution in [0, 0.1) is 0 Å². The molecule has 1 unspecified atom stereocenters. The van der Waals surface area contributed by atoms with Gasteiger partial charge >= 0.3 is 0 Å². The molecule has 0 radical (unpaired) electrons. The summed E-state index contributed by atoms with van der Waals surface area (Å²) in [6.45, 7) is 0. The van der Waals surface area contributed by atoms with Crippen molar-refractivity contribution in [3.05, 3.63) is 70.2 Å². The maximum Gasteiger partial charge on any atom is 0.263 e. The number of alkyl halides is 2. The molecule has 92 valence electrons. The lowest BCUT2D eigenvalue weighted by molar-refractivity contribution is 0.103. The maximum absolute atomic E-state index is 12.4. The predicted molar refractivity (Wildman–Crippen MR) is 66.3 cm³/mol. The van der Waals surface area contributed by atoms with Crippen molar-refractivity contribution in [1.82, 2.24) is 0 Å². The fourth-order valence-corrected chi connectivity index (χ4v) is 1.80. The number of rotatable bonds is 3. The van der Waals surface area contributed by atoms with Gasteiger partial charge in [-0.05, 0) is 12.1 Å². The minimum Gasteiger partial charge on any atom is -0.289 e. The quantitative estimate of drug-likeness (QED) is 0.746. The first-order valence-electron chi connectivity index (χ1n) is 5.27. The molecule has 0 N–H and O–H groups in total. The number of benzene rings is 2. The molecule has 0 aliphatic heterocycles. The van der Waals surface area contributed by atoms with Gasteiger partial charge in [-0.15, -0.1) is 0 Å². The smallest absolute Gasteiger partial charge is 0.263 e. The van der Waals surface area contributed by atoms with Gasteiger partial charge in [0.2, 0.25) is 0 Å². The summed E-state index contributed by atoms with van der Waals surface area (Å²) < 4.78 is 24.8. The van der Waals surface area contributed by atoms with Crippen molar-refractivity contribution in [1.29, 1.82) is 0 Å². The second kappa shape index (κ2) is 5.27. The highest BCUT2D eigenvalue weighted by molar-refractivity contribution is 6.34. The topological polar surface area (TPSA) is 17.1 Å². The molecular formula is C14H9ClF2O. The molecule has 0 aromatic heterocycles. The van der Waals surface area contributed by atoms with Crippen LogP contribution in [0.1, 0.15) is 27.9 Å². The molecule has 0 heterocycles. The SMILES string of the molecule is O=C(c1ccc(C(F)[18F])cc1)c1ccccc1Cl. The number of carbonyl (C=O) groups is 1. The minimum absolute atomic E-state index is 0.106. The van der Waals surface area contributed by atoms with Gasteiger partial charge in [-0.25, -0.2) is 8.78 Å².